The van der Waals surface area contributed by atoms with E-state index in [9.17, 15) is 4.79 Å². The molecule has 6 nitrogen and oxygen atoms in total. The average Bonchev–Trinajstić information content (AvgIpc) is 2.52. The summed E-state index contributed by atoms with van der Waals surface area (Å²) in [5.74, 6) is 2.07. The van der Waals surface area contributed by atoms with Crippen molar-refractivity contribution in [1.29, 1.82) is 0 Å². The molecule has 0 saturated carbocycles. The lowest BCUT2D eigenvalue weighted by atomic mass is 10.3. The fraction of sp³-hybridized carbons (Fsp3) is 0.533. The number of rotatable bonds is 10. The van der Waals surface area contributed by atoms with Gasteiger partial charge in [-0.05, 0) is 19.4 Å². The number of hydrogen-bond donors (Lipinski definition) is 2. The normalized spacial score (nSPS) is 10.0. The largest absolute Gasteiger partial charge is 0.496 e. The Morgan fingerprint density at radius 3 is 2.29 bits per heavy atom. The molecular weight excluding hydrogens is 272 g/mol. The van der Waals surface area contributed by atoms with Crippen LogP contribution in [0, 0.1) is 0 Å². The first-order chi connectivity index (χ1) is 10.2. The first kappa shape index (κ1) is 17.1. The number of benzene rings is 1. The van der Waals surface area contributed by atoms with Gasteiger partial charge in [0.1, 0.15) is 17.2 Å². The minimum Gasteiger partial charge on any atom is -0.496 e. The van der Waals surface area contributed by atoms with E-state index in [0.29, 0.717) is 49.8 Å². The van der Waals surface area contributed by atoms with Crippen molar-refractivity contribution in [1.82, 2.24) is 5.32 Å². The SMILES string of the molecule is COc1cc(OC)cc(OCCCNC(=O)CCCN)c1. The van der Waals surface area contributed by atoms with Gasteiger partial charge < -0.3 is 25.3 Å². The Hall–Kier alpha value is -1.95. The van der Waals surface area contributed by atoms with Crippen LogP contribution in [0.1, 0.15) is 19.3 Å². The summed E-state index contributed by atoms with van der Waals surface area (Å²) < 4.78 is 16.0. The minimum absolute atomic E-state index is 0.0310. The zero-order valence-electron chi connectivity index (χ0n) is 12.7. The molecule has 0 aliphatic rings. The third-order valence-corrected chi connectivity index (χ3v) is 2.84. The van der Waals surface area contributed by atoms with Crippen molar-refractivity contribution in [2.75, 3.05) is 33.9 Å². The molecule has 0 aliphatic carbocycles. The second-order valence-corrected chi connectivity index (χ2v) is 4.49. The lowest BCUT2D eigenvalue weighted by Crippen LogP contribution is -2.25. The molecule has 118 valence electrons. The van der Waals surface area contributed by atoms with Crippen molar-refractivity contribution in [2.24, 2.45) is 5.73 Å². The lowest BCUT2D eigenvalue weighted by molar-refractivity contribution is -0.121. The zero-order chi connectivity index (χ0) is 15.5. The van der Waals surface area contributed by atoms with E-state index in [0.717, 1.165) is 6.42 Å². The first-order valence-electron chi connectivity index (χ1n) is 7.02. The summed E-state index contributed by atoms with van der Waals surface area (Å²) in [6.07, 6.45) is 1.92. The van der Waals surface area contributed by atoms with Crippen molar-refractivity contribution in [3.8, 4) is 17.2 Å². The Labute approximate surface area is 125 Å². The summed E-state index contributed by atoms with van der Waals surface area (Å²) in [6.45, 7) is 1.63. The Morgan fingerprint density at radius 2 is 1.71 bits per heavy atom. The molecule has 0 unspecified atom stereocenters. The van der Waals surface area contributed by atoms with Crippen LogP contribution in [-0.4, -0.2) is 39.8 Å². The van der Waals surface area contributed by atoms with Crippen molar-refractivity contribution in [3.05, 3.63) is 18.2 Å². The molecule has 6 heteroatoms. The van der Waals surface area contributed by atoms with Gasteiger partial charge in [0.25, 0.3) is 0 Å². The van der Waals surface area contributed by atoms with Gasteiger partial charge in [-0.3, -0.25) is 4.79 Å². The maximum atomic E-state index is 11.4. The summed E-state index contributed by atoms with van der Waals surface area (Å²) >= 11 is 0. The molecule has 0 aliphatic heterocycles. The molecule has 0 bridgehead atoms. The van der Waals surface area contributed by atoms with E-state index in [2.05, 4.69) is 5.32 Å². The predicted octanol–water partition coefficient (Wildman–Crippen LogP) is 1.33. The van der Waals surface area contributed by atoms with Gasteiger partial charge in [-0.2, -0.15) is 0 Å². The van der Waals surface area contributed by atoms with Crippen LogP contribution in [0.4, 0.5) is 0 Å². The van der Waals surface area contributed by atoms with Crippen LogP contribution in [-0.2, 0) is 4.79 Å². The van der Waals surface area contributed by atoms with Crippen LogP contribution in [0.25, 0.3) is 0 Å². The molecule has 0 atom stereocenters. The molecule has 0 aromatic heterocycles. The van der Waals surface area contributed by atoms with Gasteiger partial charge in [0.05, 0.1) is 20.8 Å². The summed E-state index contributed by atoms with van der Waals surface area (Å²) in [4.78, 5) is 11.4. The molecule has 21 heavy (non-hydrogen) atoms. The van der Waals surface area contributed by atoms with E-state index in [-0.39, 0.29) is 5.91 Å². The molecule has 0 saturated heterocycles. The first-order valence-corrected chi connectivity index (χ1v) is 7.02. The highest BCUT2D eigenvalue weighted by Crippen LogP contribution is 2.27. The van der Waals surface area contributed by atoms with Gasteiger partial charge in [-0.15, -0.1) is 0 Å². The molecule has 0 heterocycles. The number of methoxy groups -OCH3 is 2. The number of hydrogen-bond acceptors (Lipinski definition) is 5. The monoisotopic (exact) mass is 296 g/mol. The predicted molar refractivity (Wildman–Crippen MR) is 81.0 cm³/mol. The lowest BCUT2D eigenvalue weighted by Gasteiger charge is -2.10. The molecule has 1 aromatic carbocycles. The molecule has 1 aromatic rings. The molecular formula is C15H24N2O4. The average molecular weight is 296 g/mol. The minimum atomic E-state index is 0.0310. The van der Waals surface area contributed by atoms with Crippen LogP contribution in [0.5, 0.6) is 17.2 Å². The van der Waals surface area contributed by atoms with E-state index in [1.807, 2.05) is 0 Å². The second-order valence-electron chi connectivity index (χ2n) is 4.49. The fourth-order valence-electron chi connectivity index (χ4n) is 1.71. The molecule has 0 radical (unpaired) electrons. The van der Waals surface area contributed by atoms with Crippen LogP contribution < -0.4 is 25.3 Å². The standard InChI is InChI=1S/C15H24N2O4/c1-19-12-9-13(20-2)11-14(10-12)21-8-4-7-17-15(18)5-3-6-16/h9-11H,3-8,16H2,1-2H3,(H,17,18). The van der Waals surface area contributed by atoms with Crippen LogP contribution in [0.2, 0.25) is 0 Å². The maximum Gasteiger partial charge on any atom is 0.220 e. The summed E-state index contributed by atoms with van der Waals surface area (Å²) in [5.41, 5.74) is 5.34. The number of nitrogens with one attached hydrogen (secondary N) is 1. The number of ether oxygens (including phenoxy) is 3. The number of amides is 1. The molecule has 0 spiro atoms. The van der Waals surface area contributed by atoms with Gasteiger partial charge in [0.2, 0.25) is 5.91 Å². The van der Waals surface area contributed by atoms with Gasteiger partial charge >= 0.3 is 0 Å². The summed E-state index contributed by atoms with van der Waals surface area (Å²) in [5, 5.41) is 2.82. The number of nitrogens with two attached hydrogens (primary N) is 1. The number of carbonyl (C=O) groups excluding carboxylic acids is 1. The highest BCUT2D eigenvalue weighted by molar-refractivity contribution is 5.75. The topological polar surface area (TPSA) is 82.8 Å². The summed E-state index contributed by atoms with van der Waals surface area (Å²) in [6, 6.07) is 5.37. The molecule has 1 rings (SSSR count). The van der Waals surface area contributed by atoms with Gasteiger partial charge in [0.15, 0.2) is 0 Å². The van der Waals surface area contributed by atoms with Gasteiger partial charge in [-0.1, -0.05) is 0 Å². The van der Waals surface area contributed by atoms with Crippen molar-refractivity contribution < 1.29 is 19.0 Å². The Balaban J connectivity index is 2.27. The summed E-state index contributed by atoms with van der Waals surface area (Å²) in [7, 11) is 3.19. The van der Waals surface area contributed by atoms with Crippen molar-refractivity contribution in [3.63, 3.8) is 0 Å². The highest BCUT2D eigenvalue weighted by Gasteiger charge is 2.03. The quantitative estimate of drug-likeness (QED) is 0.636. The maximum absolute atomic E-state index is 11.4. The Kier molecular flexibility index (Phi) is 8.04. The molecule has 0 fully saturated rings. The van der Waals surface area contributed by atoms with Crippen LogP contribution >= 0.6 is 0 Å². The van der Waals surface area contributed by atoms with E-state index in [1.54, 1.807) is 32.4 Å². The van der Waals surface area contributed by atoms with E-state index in [1.165, 1.54) is 0 Å². The fourth-order valence-corrected chi connectivity index (χ4v) is 1.71. The van der Waals surface area contributed by atoms with Crippen molar-refractivity contribution in [2.45, 2.75) is 19.3 Å². The van der Waals surface area contributed by atoms with Gasteiger partial charge in [-0.25, -0.2) is 0 Å². The second kappa shape index (κ2) is 9.88. The van der Waals surface area contributed by atoms with Crippen LogP contribution in [0.15, 0.2) is 18.2 Å². The molecule has 1 amide bonds. The van der Waals surface area contributed by atoms with Crippen LogP contribution in [0.3, 0.4) is 0 Å². The Bertz CT molecular complexity index is 415. The third kappa shape index (κ3) is 6.85. The van der Waals surface area contributed by atoms with E-state index in [4.69, 9.17) is 19.9 Å². The smallest absolute Gasteiger partial charge is 0.220 e. The number of carbonyl (C=O) groups is 1. The molecule has 3 N–H and O–H groups in total. The van der Waals surface area contributed by atoms with Crippen molar-refractivity contribution >= 4 is 5.91 Å². The Morgan fingerprint density at radius 1 is 1.10 bits per heavy atom. The van der Waals surface area contributed by atoms with Gasteiger partial charge in [0, 0.05) is 31.2 Å². The van der Waals surface area contributed by atoms with E-state index >= 15 is 0 Å². The van der Waals surface area contributed by atoms with E-state index < -0.39 is 0 Å². The highest BCUT2D eigenvalue weighted by atomic mass is 16.5. The third-order valence-electron chi connectivity index (χ3n) is 2.84. The zero-order valence-corrected chi connectivity index (χ0v) is 12.7.